The summed E-state index contributed by atoms with van der Waals surface area (Å²) in [5.41, 5.74) is 2.01. The first-order chi connectivity index (χ1) is 39.6. The minimum absolute atomic E-state index is 0. The molecule has 1 heterocycles. The van der Waals surface area contributed by atoms with Crippen LogP contribution in [0.25, 0.3) is 0 Å². The highest BCUT2D eigenvalue weighted by Crippen LogP contribution is 2.23. The third kappa shape index (κ3) is 42.7. The van der Waals surface area contributed by atoms with Crippen LogP contribution in [0.3, 0.4) is 0 Å². The predicted molar refractivity (Wildman–Crippen MR) is 327 cm³/mol. The first-order valence-corrected chi connectivity index (χ1v) is 33.2. The Morgan fingerprint density at radius 2 is 0.852 bits per heavy atom. The largest absolute Gasteiger partial charge is 0.466 e. The van der Waals surface area contributed by atoms with E-state index in [0.29, 0.717) is 81.1 Å². The van der Waals surface area contributed by atoms with Gasteiger partial charge in [0.2, 0.25) is 0 Å². The molecule has 1 fully saturated rings. The van der Waals surface area contributed by atoms with E-state index in [0.717, 1.165) is 96.7 Å². The number of nitrogens with one attached hydrogen (secondary N) is 1. The predicted octanol–water partition coefficient (Wildman–Crippen LogP) is 16.9. The van der Waals surface area contributed by atoms with Gasteiger partial charge in [-0.15, -0.1) is 0 Å². The summed E-state index contributed by atoms with van der Waals surface area (Å²) in [7, 11) is 0. The fraction of sp³-hybridized carbons (Fsp3) is 0.836. The number of carbonyl (C=O) groups is 5. The van der Waals surface area contributed by atoms with Gasteiger partial charge < -0.3 is 43.4 Å². The molecule has 1 aromatic carbocycles. The number of benzene rings is 1. The first kappa shape index (κ1) is 73.4. The molecule has 1 amide bonds. The van der Waals surface area contributed by atoms with Gasteiger partial charge >= 0.3 is 30.0 Å². The zero-order valence-corrected chi connectivity index (χ0v) is 52.3. The summed E-state index contributed by atoms with van der Waals surface area (Å²) in [5, 5.41) is 2.89. The van der Waals surface area contributed by atoms with Crippen molar-refractivity contribution in [2.45, 2.75) is 311 Å². The van der Waals surface area contributed by atoms with Crippen molar-refractivity contribution >= 4 is 30.0 Å². The van der Waals surface area contributed by atoms with Gasteiger partial charge in [-0.2, -0.15) is 0 Å². The van der Waals surface area contributed by atoms with E-state index < -0.39 is 24.5 Å². The molecule has 1 N–H and O–H groups in total. The highest BCUT2D eigenvalue weighted by atomic mass is 16.7. The number of likely N-dealkylation sites (tertiary alicyclic amines) is 1. The number of ether oxygens (including phenoxy) is 7. The summed E-state index contributed by atoms with van der Waals surface area (Å²) in [6.07, 6.45) is 35.1. The molecule has 0 radical (unpaired) electrons. The fourth-order valence-corrected chi connectivity index (χ4v) is 10.4. The molecule has 1 unspecified atom stereocenters. The summed E-state index contributed by atoms with van der Waals surface area (Å²) >= 11 is 0. The fourth-order valence-electron chi connectivity index (χ4n) is 10.4. The van der Waals surface area contributed by atoms with Gasteiger partial charge in [0, 0.05) is 53.4 Å². The molecule has 2 rings (SSSR count). The zero-order valence-electron chi connectivity index (χ0n) is 52.3. The van der Waals surface area contributed by atoms with Crippen LogP contribution in [0.2, 0.25) is 0 Å². The molecule has 0 saturated carbocycles. The van der Waals surface area contributed by atoms with Crippen molar-refractivity contribution in [1.29, 1.82) is 0 Å². The number of hydrogen-bond donors (Lipinski definition) is 1. The van der Waals surface area contributed by atoms with Crippen molar-refractivity contribution in [3.05, 3.63) is 34.9 Å². The number of rotatable bonds is 55. The second kappa shape index (κ2) is 51.9. The highest BCUT2D eigenvalue weighted by molar-refractivity contribution is 5.71. The molecule has 1 aliphatic rings. The lowest BCUT2D eigenvalue weighted by Gasteiger charge is -2.19. The molecule has 1 atom stereocenters. The lowest BCUT2D eigenvalue weighted by atomic mass is 9.92. The van der Waals surface area contributed by atoms with E-state index in [2.05, 4.69) is 44.8 Å². The average molecular weight is 1150 g/mol. The molecule has 1 aromatic rings. The Hall–Kier alpha value is -3.75. The third-order valence-corrected chi connectivity index (χ3v) is 15.5. The van der Waals surface area contributed by atoms with Crippen molar-refractivity contribution in [2.75, 3.05) is 46.0 Å². The maximum absolute atomic E-state index is 13.3. The number of nitrogens with zero attached hydrogens (tertiary/aromatic N) is 1. The summed E-state index contributed by atoms with van der Waals surface area (Å²) in [4.78, 5) is 67.2. The molecule has 0 aliphatic carbocycles. The summed E-state index contributed by atoms with van der Waals surface area (Å²) < 4.78 is 41.1. The number of carbonyl (C=O) groups excluding carboxylic acids is 5. The highest BCUT2D eigenvalue weighted by Gasteiger charge is 2.20. The van der Waals surface area contributed by atoms with Crippen molar-refractivity contribution < 1.29 is 58.6 Å². The Morgan fingerprint density at radius 3 is 1.36 bits per heavy atom. The van der Waals surface area contributed by atoms with Crippen LogP contribution >= 0.6 is 0 Å². The van der Waals surface area contributed by atoms with Gasteiger partial charge in [-0.25, -0.2) is 4.79 Å². The van der Waals surface area contributed by atoms with Crippen molar-refractivity contribution in [2.24, 2.45) is 5.92 Å². The number of hydrogen-bond acceptors (Lipinski definition) is 13. The van der Waals surface area contributed by atoms with Crippen LogP contribution in [0.15, 0.2) is 18.2 Å². The van der Waals surface area contributed by atoms with E-state index in [4.69, 9.17) is 33.2 Å². The van der Waals surface area contributed by atoms with Gasteiger partial charge in [0.25, 0.3) is 0 Å². The molecule has 81 heavy (non-hydrogen) atoms. The molecule has 14 nitrogen and oxygen atoms in total. The molecule has 0 spiro atoms. The maximum atomic E-state index is 13.3. The van der Waals surface area contributed by atoms with Gasteiger partial charge in [-0.3, -0.25) is 19.2 Å². The van der Waals surface area contributed by atoms with E-state index in [1.807, 2.05) is 18.2 Å². The lowest BCUT2D eigenvalue weighted by molar-refractivity contribution is -0.160. The smallest absolute Gasteiger partial charge is 0.407 e. The standard InChI is InChI=1S/C67H118N2O12.H2/c1-6-11-16-19-23-32-48-76-66(77-49-33-24-20-17-12-7-2)42-41-65(73)80-56-60-52-58(54-78-63(71)38-29-22-21-28-37-62(70)75-50-43-57(34-25-14-9-4)35-26-15-10-5)51-59(53-60)55-79-64(72)40-39-61(36-27-18-13-8-3)81-67(74)68-44-47-69-45-30-31-46-69;/h51-53,57,61,66H,6-50,54-56H2,1-5H3,(H,68,74);1H. The summed E-state index contributed by atoms with van der Waals surface area (Å²) in [5.74, 6) is -0.634. The van der Waals surface area contributed by atoms with E-state index in [1.54, 1.807) is 0 Å². The molecule has 14 heteroatoms. The second-order valence-corrected chi connectivity index (χ2v) is 23.1. The minimum atomic E-state index is -0.482. The number of amides is 1. The van der Waals surface area contributed by atoms with Crippen LogP contribution in [0, 0.1) is 5.92 Å². The van der Waals surface area contributed by atoms with Crippen LogP contribution in [-0.4, -0.2) is 93.3 Å². The second-order valence-electron chi connectivity index (χ2n) is 23.1. The van der Waals surface area contributed by atoms with Crippen molar-refractivity contribution in [3.63, 3.8) is 0 Å². The van der Waals surface area contributed by atoms with Crippen LogP contribution in [0.4, 0.5) is 4.79 Å². The maximum Gasteiger partial charge on any atom is 0.407 e. The number of unbranched alkanes of at least 4 members (excludes halogenated alkanes) is 20. The Bertz CT molecular complexity index is 1700. The zero-order chi connectivity index (χ0) is 58.6. The molecule has 1 aliphatic heterocycles. The Labute approximate surface area is 494 Å². The Kier molecular flexibility index (Phi) is 47.0. The van der Waals surface area contributed by atoms with Crippen molar-refractivity contribution in [3.8, 4) is 0 Å². The number of alkyl carbamates (subject to hydrolysis) is 1. The van der Waals surface area contributed by atoms with Crippen LogP contribution in [0.1, 0.15) is 297 Å². The van der Waals surface area contributed by atoms with Crippen LogP contribution < -0.4 is 5.32 Å². The Balaban J connectivity index is 0.0000336. The van der Waals surface area contributed by atoms with E-state index in [1.165, 1.54) is 116 Å². The minimum Gasteiger partial charge on any atom is -0.466 e. The molecule has 0 aromatic heterocycles. The first-order valence-electron chi connectivity index (χ1n) is 33.2. The SMILES string of the molecule is CCCCCCCCOC(CCC(=O)OCc1cc(COC(=O)CCCCCCC(=O)OCCC(CCCCC)CCCCC)cc(COC(=O)CCC(CCCCCC)OC(=O)NCCN2CCCC2)c1)OCCCCCCCC.[HH]. The molecule has 470 valence electrons. The van der Waals surface area contributed by atoms with E-state index >= 15 is 0 Å². The van der Waals surface area contributed by atoms with Crippen molar-refractivity contribution in [1.82, 2.24) is 10.2 Å². The lowest BCUT2D eigenvalue weighted by Crippen LogP contribution is -2.35. The van der Waals surface area contributed by atoms with Crippen LogP contribution in [0.5, 0.6) is 0 Å². The van der Waals surface area contributed by atoms with E-state index in [9.17, 15) is 24.0 Å². The van der Waals surface area contributed by atoms with Gasteiger partial charge in [0.15, 0.2) is 6.29 Å². The van der Waals surface area contributed by atoms with Gasteiger partial charge in [0.05, 0.1) is 13.0 Å². The topological polar surface area (TPSA) is 165 Å². The quantitative estimate of drug-likeness (QED) is 0.0284. The van der Waals surface area contributed by atoms with Crippen LogP contribution in [-0.2, 0) is 72.2 Å². The monoisotopic (exact) mass is 1140 g/mol. The molecular formula is C67H120N2O12. The average Bonchev–Trinajstić information content (AvgIpc) is 4.01. The summed E-state index contributed by atoms with van der Waals surface area (Å²) in [6.45, 7) is 16.1. The molecule has 1 saturated heterocycles. The summed E-state index contributed by atoms with van der Waals surface area (Å²) in [6, 6.07) is 5.52. The van der Waals surface area contributed by atoms with Gasteiger partial charge in [0.1, 0.15) is 25.9 Å². The Morgan fingerprint density at radius 1 is 0.444 bits per heavy atom. The van der Waals surface area contributed by atoms with Gasteiger partial charge in [-0.05, 0) is 118 Å². The normalized spacial score (nSPS) is 13.0. The molecular weight excluding hydrogens is 1020 g/mol. The van der Waals surface area contributed by atoms with E-state index in [-0.39, 0.29) is 58.4 Å². The van der Waals surface area contributed by atoms with Gasteiger partial charge in [-0.1, -0.05) is 182 Å². The molecule has 0 bridgehead atoms. The third-order valence-electron chi connectivity index (χ3n) is 15.5. The number of esters is 4.